The number of carbonyl (C=O) groups is 1. The molecule has 2 aromatic rings. The fraction of sp³-hybridized carbons (Fsp3) is 0.350. The zero-order valence-corrected chi connectivity index (χ0v) is 16.6. The van der Waals surface area contributed by atoms with E-state index >= 15 is 0 Å². The van der Waals surface area contributed by atoms with Gasteiger partial charge >= 0.3 is 12.1 Å². The highest BCUT2D eigenvalue weighted by molar-refractivity contribution is 9.10. The Balaban J connectivity index is 1.81. The molecular weight excluding hydrogens is 437 g/mol. The van der Waals surface area contributed by atoms with E-state index in [0.717, 1.165) is 4.47 Å². The number of azo groups is 1. The molecule has 0 aliphatic heterocycles. The summed E-state index contributed by atoms with van der Waals surface area (Å²) in [4.78, 5) is 11.8. The Morgan fingerprint density at radius 1 is 1.04 bits per heavy atom. The van der Waals surface area contributed by atoms with Crippen molar-refractivity contribution in [2.45, 2.75) is 44.3 Å². The van der Waals surface area contributed by atoms with Gasteiger partial charge in [-0.05, 0) is 49.2 Å². The number of rotatable bonds is 9. The number of halogens is 4. The van der Waals surface area contributed by atoms with Crippen LogP contribution in [0.2, 0.25) is 0 Å². The summed E-state index contributed by atoms with van der Waals surface area (Å²) in [5, 5.41) is 7.78. The van der Waals surface area contributed by atoms with Gasteiger partial charge in [-0.25, -0.2) is 0 Å². The van der Waals surface area contributed by atoms with Gasteiger partial charge in [0.15, 0.2) is 0 Å². The molecule has 0 N–H and O–H groups in total. The molecule has 0 amide bonds. The van der Waals surface area contributed by atoms with Crippen LogP contribution < -0.4 is 4.74 Å². The number of nitrogens with zero attached hydrogens (tertiary/aromatic N) is 2. The number of hydrogen-bond donors (Lipinski definition) is 0. The number of carbonyl (C=O) groups excluding carboxylic acids is 1. The van der Waals surface area contributed by atoms with E-state index in [-0.39, 0.29) is 12.8 Å². The molecule has 150 valence electrons. The van der Waals surface area contributed by atoms with Crippen molar-refractivity contribution in [1.29, 1.82) is 0 Å². The average molecular weight is 457 g/mol. The summed E-state index contributed by atoms with van der Waals surface area (Å²) in [5.74, 6) is 0.0424. The van der Waals surface area contributed by atoms with E-state index in [9.17, 15) is 18.0 Å². The topological polar surface area (TPSA) is 51.0 Å². The molecule has 2 aromatic carbocycles. The average Bonchev–Trinajstić information content (AvgIpc) is 2.64. The summed E-state index contributed by atoms with van der Waals surface area (Å²) in [7, 11) is 0. The van der Waals surface area contributed by atoms with Gasteiger partial charge in [0.05, 0.1) is 18.2 Å². The van der Waals surface area contributed by atoms with Crippen LogP contribution in [-0.4, -0.2) is 18.2 Å². The summed E-state index contributed by atoms with van der Waals surface area (Å²) >= 11 is 3.28. The largest absolute Gasteiger partial charge is 0.427 e. The van der Waals surface area contributed by atoms with Crippen LogP contribution in [0.5, 0.6) is 5.75 Å². The molecule has 0 saturated heterocycles. The smallest absolute Gasteiger partial charge is 0.391 e. The minimum Gasteiger partial charge on any atom is -0.427 e. The van der Waals surface area contributed by atoms with Crippen LogP contribution in [0.15, 0.2) is 69.3 Å². The van der Waals surface area contributed by atoms with E-state index in [0.29, 0.717) is 24.3 Å². The third kappa shape index (κ3) is 9.12. The van der Waals surface area contributed by atoms with Crippen LogP contribution in [0.4, 0.5) is 18.9 Å². The standard InChI is InChI=1S/C20H20BrF3N2O2/c21-15-10-12-16(13-11-15)25-26-17(14-20(22,23)24)6-4-5-9-19(27)28-18-7-2-1-3-8-18/h1-3,7-8,10-13,17H,4-6,9,14H2. The quantitative estimate of drug-likeness (QED) is 0.176. The number of benzene rings is 2. The molecule has 1 unspecified atom stereocenters. The van der Waals surface area contributed by atoms with E-state index in [1.54, 1.807) is 54.6 Å². The number of unbranched alkanes of at least 4 members (excludes halogenated alkanes) is 1. The first-order chi connectivity index (χ1) is 13.3. The van der Waals surface area contributed by atoms with E-state index < -0.39 is 24.6 Å². The first-order valence-electron chi connectivity index (χ1n) is 8.81. The van der Waals surface area contributed by atoms with Crippen molar-refractivity contribution in [1.82, 2.24) is 0 Å². The van der Waals surface area contributed by atoms with Crippen molar-refractivity contribution in [2.75, 3.05) is 0 Å². The minimum absolute atomic E-state index is 0.136. The Bertz CT molecular complexity index is 765. The van der Waals surface area contributed by atoms with Crippen LogP contribution in [-0.2, 0) is 4.79 Å². The van der Waals surface area contributed by atoms with Crippen molar-refractivity contribution >= 4 is 27.6 Å². The molecule has 0 heterocycles. The second-order valence-electron chi connectivity index (χ2n) is 6.20. The van der Waals surface area contributed by atoms with Gasteiger partial charge in [0, 0.05) is 10.9 Å². The van der Waals surface area contributed by atoms with Gasteiger partial charge in [0.1, 0.15) is 5.75 Å². The molecule has 0 bridgehead atoms. The predicted molar refractivity (Wildman–Crippen MR) is 104 cm³/mol. The summed E-state index contributed by atoms with van der Waals surface area (Å²) in [5.41, 5.74) is 0.488. The van der Waals surface area contributed by atoms with Gasteiger partial charge in [0.25, 0.3) is 0 Å². The first-order valence-corrected chi connectivity index (χ1v) is 9.60. The highest BCUT2D eigenvalue weighted by atomic mass is 79.9. The zero-order chi connectivity index (χ0) is 20.4. The molecule has 0 radical (unpaired) electrons. The Morgan fingerprint density at radius 2 is 1.71 bits per heavy atom. The Hall–Kier alpha value is -2.22. The van der Waals surface area contributed by atoms with Crippen molar-refractivity contribution in [2.24, 2.45) is 10.2 Å². The lowest BCUT2D eigenvalue weighted by Gasteiger charge is -2.13. The number of hydrogen-bond acceptors (Lipinski definition) is 4. The van der Waals surface area contributed by atoms with Crippen LogP contribution >= 0.6 is 15.9 Å². The molecule has 1 atom stereocenters. The SMILES string of the molecule is O=C(CCCCC(CC(F)(F)F)N=Nc1ccc(Br)cc1)Oc1ccccc1. The molecule has 2 rings (SSSR count). The molecule has 0 aliphatic carbocycles. The maximum atomic E-state index is 12.8. The molecule has 4 nitrogen and oxygen atoms in total. The Labute approximate surface area is 169 Å². The van der Waals surface area contributed by atoms with Crippen LogP contribution in [0.3, 0.4) is 0 Å². The van der Waals surface area contributed by atoms with Gasteiger partial charge in [-0.3, -0.25) is 4.79 Å². The van der Waals surface area contributed by atoms with E-state index in [1.807, 2.05) is 0 Å². The third-order valence-corrected chi connectivity index (χ3v) is 4.30. The van der Waals surface area contributed by atoms with Gasteiger partial charge in [-0.15, -0.1) is 0 Å². The third-order valence-electron chi connectivity index (χ3n) is 3.77. The van der Waals surface area contributed by atoms with E-state index in [1.165, 1.54) is 0 Å². The number of ether oxygens (including phenoxy) is 1. The minimum atomic E-state index is -4.32. The Kier molecular flexibility index (Phi) is 8.63. The van der Waals surface area contributed by atoms with Gasteiger partial charge in [0.2, 0.25) is 0 Å². The summed E-state index contributed by atoms with van der Waals surface area (Å²) in [6, 6.07) is 14.5. The van der Waals surface area contributed by atoms with Gasteiger partial charge < -0.3 is 4.74 Å². The molecule has 0 fully saturated rings. The Morgan fingerprint density at radius 3 is 2.36 bits per heavy atom. The highest BCUT2D eigenvalue weighted by Crippen LogP contribution is 2.27. The van der Waals surface area contributed by atoms with Crippen LogP contribution in [0.1, 0.15) is 32.1 Å². The lowest BCUT2D eigenvalue weighted by atomic mass is 10.1. The second-order valence-corrected chi connectivity index (χ2v) is 7.11. The molecule has 0 aromatic heterocycles. The molecular formula is C20H20BrF3N2O2. The van der Waals surface area contributed by atoms with E-state index in [4.69, 9.17) is 4.74 Å². The van der Waals surface area contributed by atoms with Gasteiger partial charge in [-0.1, -0.05) is 40.5 Å². The molecule has 0 saturated carbocycles. The summed E-state index contributed by atoms with van der Waals surface area (Å²) in [6.45, 7) is 0. The summed E-state index contributed by atoms with van der Waals surface area (Å²) in [6.07, 6.45) is -4.19. The van der Waals surface area contributed by atoms with Crippen molar-refractivity contribution in [3.05, 3.63) is 59.1 Å². The number of alkyl halides is 3. The van der Waals surface area contributed by atoms with Crippen LogP contribution in [0, 0.1) is 0 Å². The molecule has 8 heteroatoms. The molecule has 0 aliphatic rings. The van der Waals surface area contributed by atoms with Gasteiger partial charge in [-0.2, -0.15) is 23.4 Å². The maximum Gasteiger partial charge on any atom is 0.391 e. The van der Waals surface area contributed by atoms with Crippen molar-refractivity contribution in [3.8, 4) is 5.75 Å². The highest BCUT2D eigenvalue weighted by Gasteiger charge is 2.31. The first kappa shape index (κ1) is 22.1. The lowest BCUT2D eigenvalue weighted by molar-refractivity contribution is -0.139. The number of esters is 1. The maximum absolute atomic E-state index is 12.8. The lowest BCUT2D eigenvalue weighted by Crippen LogP contribution is -2.18. The fourth-order valence-corrected chi connectivity index (χ4v) is 2.71. The number of para-hydroxylation sites is 1. The normalized spacial score (nSPS) is 12.9. The fourth-order valence-electron chi connectivity index (χ4n) is 2.44. The van der Waals surface area contributed by atoms with Crippen molar-refractivity contribution < 1.29 is 22.7 Å². The second kappa shape index (κ2) is 10.9. The van der Waals surface area contributed by atoms with Crippen LogP contribution in [0.25, 0.3) is 0 Å². The predicted octanol–water partition coefficient (Wildman–Crippen LogP) is 7.02. The zero-order valence-electron chi connectivity index (χ0n) is 15.0. The monoisotopic (exact) mass is 456 g/mol. The summed E-state index contributed by atoms with van der Waals surface area (Å²) < 4.78 is 44.3. The molecule has 28 heavy (non-hydrogen) atoms. The van der Waals surface area contributed by atoms with E-state index in [2.05, 4.69) is 26.2 Å². The molecule has 0 spiro atoms. The van der Waals surface area contributed by atoms with Crippen molar-refractivity contribution in [3.63, 3.8) is 0 Å².